The Morgan fingerprint density at radius 1 is 1.06 bits per heavy atom. The Hall–Kier alpha value is -3.63. The third-order valence-electron chi connectivity index (χ3n) is 5.30. The van der Waals surface area contributed by atoms with Crippen LogP contribution >= 0.6 is 0 Å². The highest BCUT2D eigenvalue weighted by Crippen LogP contribution is 2.33. The van der Waals surface area contributed by atoms with Crippen LogP contribution in [0.15, 0.2) is 71.6 Å². The van der Waals surface area contributed by atoms with Crippen molar-refractivity contribution in [1.29, 1.82) is 5.26 Å². The molecule has 0 radical (unpaired) electrons. The predicted molar refractivity (Wildman–Crippen MR) is 120 cm³/mol. The minimum atomic E-state index is -3.65. The van der Waals surface area contributed by atoms with E-state index in [4.69, 9.17) is 5.26 Å². The van der Waals surface area contributed by atoms with Gasteiger partial charge < -0.3 is 5.32 Å². The van der Waals surface area contributed by atoms with Crippen LogP contribution in [0.1, 0.15) is 27.0 Å². The Balaban J connectivity index is 1.53. The first-order valence-corrected chi connectivity index (χ1v) is 11.3. The van der Waals surface area contributed by atoms with Gasteiger partial charge in [0.05, 0.1) is 23.1 Å². The maximum absolute atomic E-state index is 13.1. The van der Waals surface area contributed by atoms with Crippen molar-refractivity contribution in [2.24, 2.45) is 0 Å². The number of amides is 1. The molecular weight excluding hydrogens is 410 g/mol. The quantitative estimate of drug-likeness (QED) is 0.659. The van der Waals surface area contributed by atoms with Crippen molar-refractivity contribution in [1.82, 2.24) is 0 Å². The number of nitrogens with zero attached hydrogens (tertiary/aromatic N) is 2. The third kappa shape index (κ3) is 4.16. The minimum absolute atomic E-state index is 0.257. The van der Waals surface area contributed by atoms with Crippen molar-refractivity contribution in [2.45, 2.75) is 24.7 Å². The van der Waals surface area contributed by atoms with Crippen molar-refractivity contribution in [3.8, 4) is 6.07 Å². The summed E-state index contributed by atoms with van der Waals surface area (Å²) in [6, 6.07) is 21.1. The number of nitrogens with one attached hydrogen (secondary N) is 1. The van der Waals surface area contributed by atoms with Crippen LogP contribution in [0.2, 0.25) is 0 Å². The average Bonchev–Trinajstić information content (AvgIpc) is 3.20. The smallest absolute Gasteiger partial charge is 0.264 e. The molecule has 31 heavy (non-hydrogen) atoms. The van der Waals surface area contributed by atoms with Gasteiger partial charge >= 0.3 is 0 Å². The largest absolute Gasteiger partial charge is 0.322 e. The molecule has 0 spiro atoms. The van der Waals surface area contributed by atoms with E-state index < -0.39 is 10.0 Å². The van der Waals surface area contributed by atoms with Crippen LogP contribution in [0, 0.1) is 18.3 Å². The molecule has 0 bridgehead atoms. The number of carbonyl (C=O) groups is 1. The molecular formula is C24H21N3O3S. The summed E-state index contributed by atoms with van der Waals surface area (Å²) in [6.45, 7) is 2.26. The average molecular weight is 432 g/mol. The summed E-state index contributed by atoms with van der Waals surface area (Å²) >= 11 is 0. The molecule has 6 nitrogen and oxygen atoms in total. The lowest BCUT2D eigenvalue weighted by Crippen LogP contribution is -2.29. The monoisotopic (exact) mass is 431 g/mol. The molecule has 4 rings (SSSR count). The molecule has 1 amide bonds. The lowest BCUT2D eigenvalue weighted by Gasteiger charge is -2.20. The first-order chi connectivity index (χ1) is 14.9. The molecule has 156 valence electrons. The van der Waals surface area contributed by atoms with Gasteiger partial charge in [0.1, 0.15) is 0 Å². The number of hydrogen-bond donors (Lipinski definition) is 1. The fourth-order valence-corrected chi connectivity index (χ4v) is 5.10. The Morgan fingerprint density at radius 3 is 2.45 bits per heavy atom. The SMILES string of the molecule is Cc1ccc(S(=O)(=O)N2CCc3cc(C(=O)Nc4ccc(CC#N)cc4)ccc32)cc1. The van der Waals surface area contributed by atoms with Crippen LogP contribution < -0.4 is 9.62 Å². The molecule has 1 aliphatic heterocycles. The number of carbonyl (C=O) groups excluding carboxylic acids is 1. The maximum atomic E-state index is 13.1. The molecule has 0 saturated heterocycles. The van der Waals surface area contributed by atoms with Gasteiger partial charge in [-0.25, -0.2) is 8.42 Å². The van der Waals surface area contributed by atoms with Crippen molar-refractivity contribution < 1.29 is 13.2 Å². The molecule has 1 aliphatic rings. The Kier molecular flexibility index (Phi) is 5.49. The number of sulfonamides is 1. The molecule has 3 aromatic rings. The molecule has 3 aromatic carbocycles. The second-order valence-corrected chi connectivity index (χ2v) is 9.33. The molecule has 0 saturated carbocycles. The highest BCUT2D eigenvalue weighted by atomic mass is 32.2. The van der Waals surface area contributed by atoms with Gasteiger partial charge in [-0.2, -0.15) is 5.26 Å². The second-order valence-electron chi connectivity index (χ2n) is 7.47. The fraction of sp³-hybridized carbons (Fsp3) is 0.167. The van der Waals surface area contributed by atoms with Gasteiger partial charge in [-0.3, -0.25) is 9.10 Å². The second kappa shape index (κ2) is 8.25. The summed E-state index contributed by atoms with van der Waals surface area (Å²) in [6.07, 6.45) is 0.867. The highest BCUT2D eigenvalue weighted by molar-refractivity contribution is 7.92. The molecule has 0 aromatic heterocycles. The van der Waals surface area contributed by atoms with E-state index in [1.54, 1.807) is 66.7 Å². The van der Waals surface area contributed by atoms with Gasteiger partial charge in [0, 0.05) is 17.8 Å². The van der Waals surface area contributed by atoms with E-state index in [1.165, 1.54) is 4.31 Å². The lowest BCUT2D eigenvalue weighted by molar-refractivity contribution is 0.102. The predicted octanol–water partition coefficient (Wildman–Crippen LogP) is 4.06. The Labute approximate surface area is 181 Å². The zero-order valence-electron chi connectivity index (χ0n) is 17.0. The highest BCUT2D eigenvalue weighted by Gasteiger charge is 2.31. The van der Waals surface area contributed by atoms with Gasteiger partial charge in [0.15, 0.2) is 0 Å². The van der Waals surface area contributed by atoms with E-state index in [0.717, 1.165) is 16.7 Å². The molecule has 1 heterocycles. The van der Waals surface area contributed by atoms with E-state index in [-0.39, 0.29) is 10.8 Å². The van der Waals surface area contributed by atoms with Crippen LogP contribution in [0.25, 0.3) is 0 Å². The zero-order valence-corrected chi connectivity index (χ0v) is 17.8. The number of rotatable bonds is 5. The number of hydrogen-bond acceptors (Lipinski definition) is 4. The standard InChI is InChI=1S/C24H21N3O3S/c1-17-2-9-22(10-3-17)31(29,30)27-15-13-19-16-20(6-11-23(19)27)24(28)26-21-7-4-18(5-8-21)12-14-25/h2-11,16H,12-13,15H2,1H3,(H,26,28). The maximum Gasteiger partial charge on any atom is 0.264 e. The van der Waals surface area contributed by atoms with Gasteiger partial charge in [0.2, 0.25) is 0 Å². The van der Waals surface area contributed by atoms with E-state index in [9.17, 15) is 13.2 Å². The Bertz CT molecular complexity index is 1280. The van der Waals surface area contributed by atoms with Gasteiger partial charge in [-0.05, 0) is 66.9 Å². The Morgan fingerprint density at radius 2 is 1.77 bits per heavy atom. The summed E-state index contributed by atoms with van der Waals surface area (Å²) < 4.78 is 27.5. The van der Waals surface area contributed by atoms with Gasteiger partial charge in [0.25, 0.3) is 15.9 Å². The topological polar surface area (TPSA) is 90.3 Å². The zero-order chi connectivity index (χ0) is 22.0. The van der Waals surface area contributed by atoms with Crippen LogP contribution in [0.5, 0.6) is 0 Å². The first kappa shape index (κ1) is 20.6. The van der Waals surface area contributed by atoms with Crippen LogP contribution in [0.4, 0.5) is 11.4 Å². The number of nitriles is 1. The van der Waals surface area contributed by atoms with Crippen LogP contribution in [-0.2, 0) is 22.9 Å². The molecule has 0 atom stereocenters. The molecule has 0 fully saturated rings. The first-order valence-electron chi connectivity index (χ1n) is 9.88. The van der Waals surface area contributed by atoms with E-state index in [1.807, 2.05) is 6.92 Å². The fourth-order valence-electron chi connectivity index (χ4n) is 3.60. The lowest BCUT2D eigenvalue weighted by atomic mass is 10.1. The summed E-state index contributed by atoms with van der Waals surface area (Å²) in [5, 5.41) is 11.6. The van der Waals surface area contributed by atoms with E-state index in [0.29, 0.717) is 36.3 Å². The van der Waals surface area contributed by atoms with Crippen LogP contribution in [0.3, 0.4) is 0 Å². The van der Waals surface area contributed by atoms with E-state index in [2.05, 4.69) is 11.4 Å². The molecule has 0 aliphatic carbocycles. The van der Waals surface area contributed by atoms with Gasteiger partial charge in [-0.1, -0.05) is 29.8 Å². The molecule has 1 N–H and O–H groups in total. The molecule has 7 heteroatoms. The summed E-state index contributed by atoms with van der Waals surface area (Å²) in [5.74, 6) is -0.268. The van der Waals surface area contributed by atoms with Crippen LogP contribution in [-0.4, -0.2) is 20.9 Å². The summed E-state index contributed by atoms with van der Waals surface area (Å²) in [7, 11) is -3.65. The normalized spacial score (nSPS) is 12.8. The summed E-state index contributed by atoms with van der Waals surface area (Å²) in [4.78, 5) is 12.9. The molecule has 0 unspecified atom stereocenters. The van der Waals surface area contributed by atoms with E-state index >= 15 is 0 Å². The number of fused-ring (bicyclic) bond motifs is 1. The minimum Gasteiger partial charge on any atom is -0.322 e. The van der Waals surface area contributed by atoms with Crippen molar-refractivity contribution >= 4 is 27.3 Å². The van der Waals surface area contributed by atoms with Crippen molar-refractivity contribution in [3.05, 3.63) is 89.0 Å². The van der Waals surface area contributed by atoms with Gasteiger partial charge in [-0.15, -0.1) is 0 Å². The number of anilines is 2. The number of benzene rings is 3. The summed E-state index contributed by atoms with van der Waals surface area (Å²) in [5.41, 5.74) is 4.42. The van der Waals surface area contributed by atoms with Crippen molar-refractivity contribution in [2.75, 3.05) is 16.2 Å². The van der Waals surface area contributed by atoms with Crippen molar-refractivity contribution in [3.63, 3.8) is 0 Å². The third-order valence-corrected chi connectivity index (χ3v) is 7.13. The number of aryl methyl sites for hydroxylation is 1.